The van der Waals surface area contributed by atoms with Crippen LogP contribution in [0.1, 0.15) is 42.8 Å². The van der Waals surface area contributed by atoms with E-state index in [1.54, 1.807) is 11.3 Å². The van der Waals surface area contributed by atoms with Gasteiger partial charge >= 0.3 is 0 Å². The van der Waals surface area contributed by atoms with E-state index in [0.29, 0.717) is 18.4 Å². The van der Waals surface area contributed by atoms with Crippen LogP contribution >= 0.6 is 11.3 Å². The molecule has 0 saturated heterocycles. The first kappa shape index (κ1) is 14.5. The van der Waals surface area contributed by atoms with Gasteiger partial charge in [0.25, 0.3) is 0 Å². The first-order chi connectivity index (χ1) is 10.1. The molecule has 1 atom stereocenters. The van der Waals surface area contributed by atoms with Crippen molar-refractivity contribution in [2.24, 2.45) is 11.7 Å². The smallest absolute Gasteiger partial charge is 0.190 e. The molecule has 0 spiro atoms. The van der Waals surface area contributed by atoms with Crippen molar-refractivity contribution >= 4 is 22.2 Å². The second kappa shape index (κ2) is 5.78. The molecular weight excluding hydrogens is 278 g/mol. The summed E-state index contributed by atoms with van der Waals surface area (Å²) in [6.45, 7) is 8.29. The Morgan fingerprint density at radius 3 is 2.81 bits per heavy atom. The Bertz CT molecular complexity index is 633. The Hall–Kier alpha value is -1.39. The zero-order valence-corrected chi connectivity index (χ0v) is 13.8. The molecule has 0 radical (unpaired) electrons. The van der Waals surface area contributed by atoms with Crippen LogP contribution in [0, 0.1) is 5.92 Å². The van der Waals surface area contributed by atoms with Gasteiger partial charge in [0.05, 0.1) is 5.69 Å². The number of benzene rings is 1. The number of nitrogens with two attached hydrogens (primary N) is 1. The summed E-state index contributed by atoms with van der Waals surface area (Å²) in [5.41, 5.74) is 9.80. The Balaban J connectivity index is 2.04. The highest BCUT2D eigenvalue weighted by molar-refractivity contribution is 7.15. The van der Waals surface area contributed by atoms with Crippen LogP contribution in [0.25, 0.3) is 0 Å². The highest BCUT2D eigenvalue weighted by Crippen LogP contribution is 2.39. The van der Waals surface area contributed by atoms with E-state index in [0.717, 1.165) is 23.8 Å². The van der Waals surface area contributed by atoms with Crippen molar-refractivity contribution in [2.75, 3.05) is 11.4 Å². The zero-order chi connectivity index (χ0) is 15.0. The minimum Gasteiger partial charge on any atom is -0.326 e. The molecule has 3 nitrogen and oxygen atoms in total. The zero-order valence-electron chi connectivity index (χ0n) is 13.0. The van der Waals surface area contributed by atoms with Crippen molar-refractivity contribution in [1.29, 1.82) is 0 Å². The highest BCUT2D eigenvalue weighted by atomic mass is 32.1. The number of nitrogens with zero attached hydrogens (tertiary/aromatic N) is 2. The fraction of sp³-hybridized carbons (Fsp3) is 0.471. The van der Waals surface area contributed by atoms with Crippen LogP contribution in [0.4, 0.5) is 10.8 Å². The lowest BCUT2D eigenvalue weighted by Gasteiger charge is -2.32. The standard InChI is InChI=1S/C17H23N3S/c1-11(2)16-15(9-18)21-17(19-16)20-10-12(3)8-13-6-4-5-7-14(13)20/h4-7,11-12H,8-10,18H2,1-3H3. The molecule has 1 aromatic carbocycles. The molecule has 1 aliphatic heterocycles. The lowest BCUT2D eigenvalue weighted by atomic mass is 9.94. The first-order valence-electron chi connectivity index (χ1n) is 7.65. The molecule has 0 saturated carbocycles. The van der Waals surface area contributed by atoms with Crippen molar-refractivity contribution in [3.63, 3.8) is 0 Å². The van der Waals surface area contributed by atoms with Gasteiger partial charge in [-0.3, -0.25) is 0 Å². The quantitative estimate of drug-likeness (QED) is 0.929. The van der Waals surface area contributed by atoms with Crippen LogP contribution in [0.5, 0.6) is 0 Å². The maximum Gasteiger partial charge on any atom is 0.190 e. The molecule has 4 heteroatoms. The van der Waals surface area contributed by atoms with Gasteiger partial charge in [0.2, 0.25) is 0 Å². The van der Waals surface area contributed by atoms with Crippen molar-refractivity contribution in [1.82, 2.24) is 4.98 Å². The minimum absolute atomic E-state index is 0.422. The third kappa shape index (κ3) is 2.70. The summed E-state index contributed by atoms with van der Waals surface area (Å²) in [5.74, 6) is 1.07. The van der Waals surface area contributed by atoms with Gasteiger partial charge in [0.15, 0.2) is 5.13 Å². The first-order valence-corrected chi connectivity index (χ1v) is 8.47. The normalized spacial score (nSPS) is 18.1. The number of rotatable bonds is 3. The predicted octanol–water partition coefficient (Wildman–Crippen LogP) is 4.06. The third-order valence-corrected chi connectivity index (χ3v) is 5.14. The molecule has 112 valence electrons. The van der Waals surface area contributed by atoms with Crippen molar-refractivity contribution in [2.45, 2.75) is 39.7 Å². The fourth-order valence-corrected chi connectivity index (χ4v) is 4.16. The second-order valence-corrected chi connectivity index (χ2v) is 7.27. The van der Waals surface area contributed by atoms with Gasteiger partial charge in [-0.05, 0) is 29.9 Å². The summed E-state index contributed by atoms with van der Waals surface area (Å²) in [6, 6.07) is 8.68. The monoisotopic (exact) mass is 301 g/mol. The van der Waals surface area contributed by atoms with E-state index in [1.165, 1.54) is 16.1 Å². The van der Waals surface area contributed by atoms with E-state index in [9.17, 15) is 0 Å². The lowest BCUT2D eigenvalue weighted by Crippen LogP contribution is -2.30. The average Bonchev–Trinajstić information content (AvgIpc) is 2.90. The van der Waals surface area contributed by atoms with Crippen molar-refractivity contribution in [3.05, 3.63) is 40.4 Å². The SMILES string of the molecule is CC1Cc2ccccc2N(c2nc(C(C)C)c(CN)s2)C1. The molecule has 1 unspecified atom stereocenters. The lowest BCUT2D eigenvalue weighted by molar-refractivity contribution is 0.561. The van der Waals surface area contributed by atoms with Gasteiger partial charge in [-0.25, -0.2) is 4.98 Å². The number of thiazole rings is 1. The number of hydrogen-bond donors (Lipinski definition) is 1. The summed E-state index contributed by atoms with van der Waals surface area (Å²) < 4.78 is 0. The van der Waals surface area contributed by atoms with Crippen molar-refractivity contribution < 1.29 is 0 Å². The van der Waals surface area contributed by atoms with E-state index >= 15 is 0 Å². The summed E-state index contributed by atoms with van der Waals surface area (Å²) in [6.07, 6.45) is 1.15. The van der Waals surface area contributed by atoms with Gasteiger partial charge in [0, 0.05) is 23.7 Å². The maximum atomic E-state index is 5.91. The molecular formula is C17H23N3S. The van der Waals surface area contributed by atoms with Crippen LogP contribution in [0.3, 0.4) is 0 Å². The summed E-state index contributed by atoms with van der Waals surface area (Å²) in [5, 5.41) is 1.10. The van der Waals surface area contributed by atoms with Crippen LogP contribution in [0.2, 0.25) is 0 Å². The molecule has 1 aromatic heterocycles. The van der Waals surface area contributed by atoms with E-state index in [4.69, 9.17) is 10.7 Å². The Labute approximate surface area is 130 Å². The molecule has 0 aliphatic carbocycles. The number of aromatic nitrogens is 1. The summed E-state index contributed by atoms with van der Waals surface area (Å²) >= 11 is 1.75. The largest absolute Gasteiger partial charge is 0.326 e. The maximum absolute atomic E-state index is 5.91. The Morgan fingerprint density at radius 2 is 2.14 bits per heavy atom. The van der Waals surface area contributed by atoms with Crippen LogP contribution in [0.15, 0.2) is 24.3 Å². The molecule has 1 aliphatic rings. The number of anilines is 2. The molecule has 0 fully saturated rings. The van der Waals surface area contributed by atoms with E-state index in [2.05, 4.69) is 49.9 Å². The van der Waals surface area contributed by atoms with E-state index in [-0.39, 0.29) is 0 Å². The van der Waals surface area contributed by atoms with Crippen LogP contribution < -0.4 is 10.6 Å². The molecule has 2 heterocycles. The second-order valence-electron chi connectivity index (χ2n) is 6.21. The topological polar surface area (TPSA) is 42.2 Å². The van der Waals surface area contributed by atoms with E-state index < -0.39 is 0 Å². The molecule has 3 rings (SSSR count). The number of hydrogen-bond acceptors (Lipinski definition) is 4. The van der Waals surface area contributed by atoms with Gasteiger partial charge in [0.1, 0.15) is 0 Å². The fourth-order valence-electron chi connectivity index (χ4n) is 3.04. The van der Waals surface area contributed by atoms with Crippen LogP contribution in [-0.4, -0.2) is 11.5 Å². The number of para-hydroxylation sites is 1. The Kier molecular flexibility index (Phi) is 4.00. The average molecular weight is 301 g/mol. The van der Waals surface area contributed by atoms with E-state index in [1.807, 2.05) is 0 Å². The highest BCUT2D eigenvalue weighted by Gasteiger charge is 2.26. The number of fused-ring (bicyclic) bond motifs is 1. The molecule has 2 aromatic rings. The van der Waals surface area contributed by atoms with Gasteiger partial charge in [-0.1, -0.05) is 50.3 Å². The van der Waals surface area contributed by atoms with Gasteiger partial charge in [-0.15, -0.1) is 0 Å². The van der Waals surface area contributed by atoms with Gasteiger partial charge < -0.3 is 10.6 Å². The van der Waals surface area contributed by atoms with Gasteiger partial charge in [-0.2, -0.15) is 0 Å². The predicted molar refractivity (Wildman–Crippen MR) is 90.4 cm³/mol. The molecule has 21 heavy (non-hydrogen) atoms. The summed E-state index contributed by atoms with van der Waals surface area (Å²) in [4.78, 5) is 8.49. The third-order valence-electron chi connectivity index (χ3n) is 4.02. The van der Waals surface area contributed by atoms with Crippen LogP contribution in [-0.2, 0) is 13.0 Å². The molecule has 0 amide bonds. The summed E-state index contributed by atoms with van der Waals surface area (Å²) in [7, 11) is 0. The molecule has 0 bridgehead atoms. The van der Waals surface area contributed by atoms with Crippen molar-refractivity contribution in [3.8, 4) is 0 Å². The Morgan fingerprint density at radius 1 is 1.38 bits per heavy atom. The molecule has 2 N–H and O–H groups in total. The minimum atomic E-state index is 0.422.